The third-order valence-electron chi connectivity index (χ3n) is 1.91. The highest BCUT2D eigenvalue weighted by Crippen LogP contribution is 2.20. The van der Waals surface area contributed by atoms with Crippen LogP contribution >= 0.6 is 0 Å². The van der Waals surface area contributed by atoms with E-state index in [0.29, 0.717) is 12.2 Å². The Labute approximate surface area is 84.5 Å². The maximum atomic E-state index is 8.97. The summed E-state index contributed by atoms with van der Waals surface area (Å²) >= 11 is 0. The molecule has 0 aliphatic carbocycles. The maximum absolute atomic E-state index is 8.97. The first kappa shape index (κ1) is 10.7. The maximum Gasteiger partial charge on any atom is 0.161 e. The zero-order valence-corrected chi connectivity index (χ0v) is 9.20. The van der Waals surface area contributed by atoms with Crippen LogP contribution in [0.15, 0.2) is 0 Å². The van der Waals surface area contributed by atoms with Crippen LogP contribution in [-0.4, -0.2) is 15.0 Å². The van der Waals surface area contributed by atoms with Crippen LogP contribution in [0.4, 0.5) is 0 Å². The van der Waals surface area contributed by atoms with Crippen molar-refractivity contribution in [1.82, 2.24) is 15.0 Å². The van der Waals surface area contributed by atoms with E-state index < -0.39 is 0 Å². The monoisotopic (exact) mass is 192 g/mol. The first-order valence-electron chi connectivity index (χ1n) is 4.80. The van der Waals surface area contributed by atoms with Gasteiger partial charge in [-0.05, 0) is 18.8 Å². The molecule has 1 rings (SSSR count). The lowest BCUT2D eigenvalue weighted by molar-refractivity contribution is 0.405. The van der Waals surface area contributed by atoms with Crippen LogP contribution in [0.2, 0.25) is 0 Å². The van der Waals surface area contributed by atoms with E-state index in [4.69, 9.17) is 5.26 Å². The van der Waals surface area contributed by atoms with Crippen LogP contribution in [0.1, 0.15) is 39.1 Å². The quantitative estimate of drug-likeness (QED) is 0.717. The van der Waals surface area contributed by atoms with Crippen LogP contribution in [0.5, 0.6) is 0 Å². The van der Waals surface area contributed by atoms with Crippen molar-refractivity contribution in [2.75, 3.05) is 0 Å². The van der Waals surface area contributed by atoms with Crippen molar-refractivity contribution in [2.24, 2.45) is 5.41 Å². The molecule has 0 radical (unpaired) electrons. The molecule has 0 amide bonds. The molecule has 0 fully saturated rings. The minimum Gasteiger partial charge on any atom is -0.235 e. The van der Waals surface area contributed by atoms with Crippen molar-refractivity contribution in [3.05, 3.63) is 11.4 Å². The zero-order chi connectivity index (χ0) is 10.8. The second-order valence-electron chi connectivity index (χ2n) is 4.55. The minimum absolute atomic E-state index is 0.139. The van der Waals surface area contributed by atoms with E-state index in [-0.39, 0.29) is 5.41 Å². The summed E-state index contributed by atoms with van der Waals surface area (Å²) in [7, 11) is 0. The Morgan fingerprint density at radius 1 is 1.43 bits per heavy atom. The number of nitrogens with zero attached hydrogens (tertiary/aromatic N) is 4. The van der Waals surface area contributed by atoms with E-state index in [1.54, 1.807) is 4.68 Å². The summed E-state index contributed by atoms with van der Waals surface area (Å²) in [6.45, 7) is 9.02. The summed E-state index contributed by atoms with van der Waals surface area (Å²) in [5, 5.41) is 16.9. The van der Waals surface area contributed by atoms with Gasteiger partial charge in [0.15, 0.2) is 5.69 Å². The Kier molecular flexibility index (Phi) is 2.90. The molecular weight excluding hydrogens is 176 g/mol. The van der Waals surface area contributed by atoms with E-state index in [9.17, 15) is 0 Å². The summed E-state index contributed by atoms with van der Waals surface area (Å²) in [6, 6.07) is 2.16. The lowest BCUT2D eigenvalue weighted by atomic mass is 9.90. The molecule has 1 heterocycles. The molecule has 0 unspecified atom stereocenters. The SMILES string of the molecule is CCn1nnc(CC(C)(C)C)c1C#N. The van der Waals surface area contributed by atoms with Crippen molar-refractivity contribution in [3.8, 4) is 6.07 Å². The van der Waals surface area contributed by atoms with Gasteiger partial charge in [-0.25, -0.2) is 4.68 Å². The van der Waals surface area contributed by atoms with Crippen molar-refractivity contribution >= 4 is 0 Å². The second kappa shape index (κ2) is 3.79. The standard InChI is InChI=1S/C10H16N4/c1-5-14-9(7-11)8(12-13-14)6-10(2,3)4/h5-6H2,1-4H3. The Bertz CT molecular complexity index is 351. The molecule has 0 bridgehead atoms. The smallest absolute Gasteiger partial charge is 0.161 e. The molecular formula is C10H16N4. The van der Waals surface area contributed by atoms with E-state index in [0.717, 1.165) is 12.1 Å². The number of nitriles is 1. The van der Waals surface area contributed by atoms with E-state index >= 15 is 0 Å². The van der Waals surface area contributed by atoms with Gasteiger partial charge >= 0.3 is 0 Å². The van der Waals surface area contributed by atoms with Gasteiger partial charge in [-0.2, -0.15) is 5.26 Å². The number of aromatic nitrogens is 3. The Morgan fingerprint density at radius 3 is 2.50 bits per heavy atom. The molecule has 4 heteroatoms. The van der Waals surface area contributed by atoms with Gasteiger partial charge in [-0.15, -0.1) is 5.10 Å². The Balaban J connectivity index is 3.00. The second-order valence-corrected chi connectivity index (χ2v) is 4.55. The van der Waals surface area contributed by atoms with E-state index in [1.807, 2.05) is 6.92 Å². The van der Waals surface area contributed by atoms with Crippen LogP contribution in [0, 0.1) is 16.7 Å². The molecule has 0 aliphatic rings. The Hall–Kier alpha value is -1.37. The average molecular weight is 192 g/mol. The molecule has 76 valence electrons. The first-order chi connectivity index (χ1) is 6.48. The summed E-state index contributed by atoms with van der Waals surface area (Å²) in [5.74, 6) is 0. The number of hydrogen-bond donors (Lipinski definition) is 0. The zero-order valence-electron chi connectivity index (χ0n) is 9.20. The summed E-state index contributed by atoms with van der Waals surface area (Å²) in [4.78, 5) is 0. The highest BCUT2D eigenvalue weighted by Gasteiger charge is 2.18. The summed E-state index contributed by atoms with van der Waals surface area (Å²) < 4.78 is 1.64. The molecule has 0 spiro atoms. The Morgan fingerprint density at radius 2 is 2.07 bits per heavy atom. The number of rotatable bonds is 2. The fourth-order valence-corrected chi connectivity index (χ4v) is 1.31. The third-order valence-corrected chi connectivity index (χ3v) is 1.91. The van der Waals surface area contributed by atoms with Crippen LogP contribution in [0.3, 0.4) is 0 Å². The molecule has 1 aromatic heterocycles. The van der Waals surface area contributed by atoms with Crippen molar-refractivity contribution in [3.63, 3.8) is 0 Å². The molecule has 0 N–H and O–H groups in total. The van der Waals surface area contributed by atoms with Crippen LogP contribution < -0.4 is 0 Å². The van der Waals surface area contributed by atoms with Gasteiger partial charge in [-0.3, -0.25) is 0 Å². The van der Waals surface area contributed by atoms with Gasteiger partial charge in [0.1, 0.15) is 11.8 Å². The topological polar surface area (TPSA) is 54.5 Å². The van der Waals surface area contributed by atoms with Gasteiger partial charge in [-0.1, -0.05) is 26.0 Å². The predicted octanol–water partition coefficient (Wildman–Crippen LogP) is 1.76. The third kappa shape index (κ3) is 2.32. The molecule has 0 saturated carbocycles. The van der Waals surface area contributed by atoms with Crippen molar-refractivity contribution in [1.29, 1.82) is 5.26 Å². The molecule has 0 saturated heterocycles. The molecule has 14 heavy (non-hydrogen) atoms. The molecule has 0 atom stereocenters. The van der Waals surface area contributed by atoms with Gasteiger partial charge in [0.25, 0.3) is 0 Å². The normalized spacial score (nSPS) is 11.4. The first-order valence-corrected chi connectivity index (χ1v) is 4.80. The lowest BCUT2D eigenvalue weighted by Crippen LogP contribution is -2.11. The molecule has 0 aromatic carbocycles. The van der Waals surface area contributed by atoms with Crippen molar-refractivity contribution in [2.45, 2.75) is 40.7 Å². The number of aryl methyl sites for hydroxylation is 1. The predicted molar refractivity (Wildman–Crippen MR) is 53.6 cm³/mol. The highest BCUT2D eigenvalue weighted by molar-refractivity contribution is 5.25. The van der Waals surface area contributed by atoms with Crippen LogP contribution in [-0.2, 0) is 13.0 Å². The highest BCUT2D eigenvalue weighted by atomic mass is 15.4. The number of hydrogen-bond acceptors (Lipinski definition) is 3. The summed E-state index contributed by atoms with van der Waals surface area (Å²) in [5.41, 5.74) is 1.55. The van der Waals surface area contributed by atoms with Crippen molar-refractivity contribution < 1.29 is 0 Å². The molecule has 0 aliphatic heterocycles. The average Bonchev–Trinajstić information content (AvgIpc) is 2.43. The van der Waals surface area contributed by atoms with Gasteiger partial charge in [0, 0.05) is 6.54 Å². The van der Waals surface area contributed by atoms with Gasteiger partial charge in [0.2, 0.25) is 0 Å². The van der Waals surface area contributed by atoms with Crippen LogP contribution in [0.25, 0.3) is 0 Å². The molecule has 4 nitrogen and oxygen atoms in total. The minimum atomic E-state index is 0.139. The summed E-state index contributed by atoms with van der Waals surface area (Å²) in [6.07, 6.45) is 0.788. The van der Waals surface area contributed by atoms with E-state index in [2.05, 4.69) is 37.2 Å². The fourth-order valence-electron chi connectivity index (χ4n) is 1.31. The van der Waals surface area contributed by atoms with Gasteiger partial charge in [0.05, 0.1) is 0 Å². The van der Waals surface area contributed by atoms with E-state index in [1.165, 1.54) is 0 Å². The molecule has 1 aromatic rings. The van der Waals surface area contributed by atoms with Gasteiger partial charge < -0.3 is 0 Å². The largest absolute Gasteiger partial charge is 0.235 e. The fraction of sp³-hybridized carbons (Fsp3) is 0.700. The lowest BCUT2D eigenvalue weighted by Gasteiger charge is -2.15.